The van der Waals surface area contributed by atoms with E-state index in [-0.39, 0.29) is 18.0 Å². The fraction of sp³-hybridized carbons (Fsp3) is 0.480. The van der Waals surface area contributed by atoms with Gasteiger partial charge in [-0.05, 0) is 59.6 Å². The van der Waals surface area contributed by atoms with Crippen molar-refractivity contribution in [1.82, 2.24) is 10.2 Å². The molecule has 0 unspecified atom stereocenters. The zero-order chi connectivity index (χ0) is 20.1. The molecular weight excluding hydrogens is 377 g/mol. The van der Waals surface area contributed by atoms with Crippen LogP contribution in [0.3, 0.4) is 0 Å². The zero-order valence-corrected chi connectivity index (χ0v) is 17.2. The molecule has 0 radical (unpaired) electrons. The van der Waals surface area contributed by atoms with E-state index < -0.39 is 0 Å². The number of hydrogen-bond donors (Lipinski definition) is 1. The number of benzene rings is 2. The summed E-state index contributed by atoms with van der Waals surface area (Å²) in [5.74, 6) is 1.06. The van der Waals surface area contributed by atoms with E-state index in [0.29, 0.717) is 11.8 Å². The van der Waals surface area contributed by atoms with Gasteiger partial charge in [-0.3, -0.25) is 0 Å². The van der Waals surface area contributed by atoms with Gasteiger partial charge in [0.2, 0.25) is 0 Å². The van der Waals surface area contributed by atoms with E-state index >= 15 is 0 Å². The quantitative estimate of drug-likeness (QED) is 0.838. The summed E-state index contributed by atoms with van der Waals surface area (Å²) in [5.41, 5.74) is 5.45. The maximum atomic E-state index is 13.7. The summed E-state index contributed by atoms with van der Waals surface area (Å²) in [4.78, 5) is 7.13. The molecule has 156 valence electrons. The van der Waals surface area contributed by atoms with Crippen molar-refractivity contribution in [1.29, 1.82) is 0 Å². The molecule has 0 aromatic heterocycles. The lowest BCUT2D eigenvalue weighted by molar-refractivity contribution is 0.0909. The lowest BCUT2D eigenvalue weighted by atomic mass is 9.75. The van der Waals surface area contributed by atoms with Gasteiger partial charge in [-0.2, -0.15) is 0 Å². The number of nitrogens with one attached hydrogen (secondary N) is 1. The van der Waals surface area contributed by atoms with Gasteiger partial charge in [0.25, 0.3) is 6.02 Å². The second-order valence-electron chi connectivity index (χ2n) is 9.14. The Morgan fingerprint density at radius 3 is 2.53 bits per heavy atom. The predicted molar refractivity (Wildman–Crippen MR) is 115 cm³/mol. The summed E-state index contributed by atoms with van der Waals surface area (Å²) in [6.07, 6.45) is 5.13. The molecule has 2 fully saturated rings. The molecule has 6 rings (SSSR count). The van der Waals surface area contributed by atoms with Crippen molar-refractivity contribution in [3.05, 3.63) is 70.5 Å². The summed E-state index contributed by atoms with van der Waals surface area (Å²) >= 11 is 0. The Hall–Kier alpha value is -2.40. The Labute approximate surface area is 177 Å². The second kappa shape index (κ2) is 7.38. The Morgan fingerprint density at radius 2 is 1.83 bits per heavy atom. The van der Waals surface area contributed by atoms with Crippen LogP contribution < -0.4 is 5.32 Å². The van der Waals surface area contributed by atoms with E-state index in [1.54, 1.807) is 12.1 Å². The molecule has 2 aromatic carbocycles. The third-order valence-corrected chi connectivity index (χ3v) is 7.44. The normalized spacial score (nSPS) is 26.4. The first-order chi connectivity index (χ1) is 14.8. The number of fused-ring (bicyclic) bond motifs is 1. The van der Waals surface area contributed by atoms with Crippen molar-refractivity contribution >= 4 is 6.02 Å². The average Bonchev–Trinajstić information content (AvgIpc) is 3.15. The van der Waals surface area contributed by atoms with E-state index in [0.717, 1.165) is 44.2 Å². The molecule has 2 atom stereocenters. The van der Waals surface area contributed by atoms with Crippen LogP contribution in [-0.4, -0.2) is 43.2 Å². The summed E-state index contributed by atoms with van der Waals surface area (Å²) in [6.45, 7) is 3.65. The maximum Gasteiger partial charge on any atom is 0.288 e. The van der Waals surface area contributed by atoms with Gasteiger partial charge in [-0.25, -0.2) is 9.38 Å². The SMILES string of the molecule is Fc1ccc([C@H]2c3cccc(C4CCC4)c3CCN2C2=NC[C@H](C3CNC3)O2)cc1. The molecule has 4 nitrogen and oxygen atoms in total. The first kappa shape index (κ1) is 18.4. The highest BCUT2D eigenvalue weighted by molar-refractivity contribution is 5.77. The van der Waals surface area contributed by atoms with Crippen molar-refractivity contribution in [3.8, 4) is 0 Å². The van der Waals surface area contributed by atoms with Gasteiger partial charge in [0, 0.05) is 25.6 Å². The molecule has 1 saturated carbocycles. The van der Waals surface area contributed by atoms with Crippen LogP contribution >= 0.6 is 0 Å². The highest BCUT2D eigenvalue weighted by Gasteiger charge is 2.39. The fourth-order valence-corrected chi connectivity index (χ4v) is 5.37. The van der Waals surface area contributed by atoms with Crippen LogP contribution in [-0.2, 0) is 11.2 Å². The minimum atomic E-state index is -0.198. The van der Waals surface area contributed by atoms with E-state index in [9.17, 15) is 4.39 Å². The van der Waals surface area contributed by atoms with Crippen molar-refractivity contribution in [2.45, 2.75) is 43.7 Å². The topological polar surface area (TPSA) is 36.9 Å². The molecule has 5 heteroatoms. The first-order valence-electron chi connectivity index (χ1n) is 11.3. The van der Waals surface area contributed by atoms with E-state index in [4.69, 9.17) is 9.73 Å². The van der Waals surface area contributed by atoms with E-state index in [2.05, 4.69) is 28.4 Å². The third-order valence-electron chi connectivity index (χ3n) is 7.44. The predicted octanol–water partition coefficient (Wildman–Crippen LogP) is 4.01. The summed E-state index contributed by atoms with van der Waals surface area (Å²) in [7, 11) is 0. The number of halogens is 1. The highest BCUT2D eigenvalue weighted by atomic mass is 19.1. The van der Waals surface area contributed by atoms with Crippen LogP contribution in [0.25, 0.3) is 0 Å². The number of amidine groups is 1. The smallest absolute Gasteiger partial charge is 0.288 e. The largest absolute Gasteiger partial charge is 0.459 e. The summed E-state index contributed by atoms with van der Waals surface area (Å²) in [5, 5.41) is 3.33. The number of ether oxygens (including phenoxy) is 1. The number of nitrogens with zero attached hydrogens (tertiary/aromatic N) is 2. The average molecular weight is 406 g/mol. The monoisotopic (exact) mass is 405 g/mol. The number of aliphatic imine (C=N–C) groups is 1. The molecule has 2 aromatic rings. The summed E-state index contributed by atoms with van der Waals surface area (Å²) < 4.78 is 20.1. The molecule has 30 heavy (non-hydrogen) atoms. The minimum Gasteiger partial charge on any atom is -0.459 e. The highest BCUT2D eigenvalue weighted by Crippen LogP contribution is 2.44. The van der Waals surface area contributed by atoms with Gasteiger partial charge in [-0.1, -0.05) is 36.8 Å². The van der Waals surface area contributed by atoms with Crippen molar-refractivity contribution in [2.75, 3.05) is 26.2 Å². The van der Waals surface area contributed by atoms with Crippen LogP contribution in [0.1, 0.15) is 53.5 Å². The Kier molecular flexibility index (Phi) is 4.52. The number of hydrogen-bond acceptors (Lipinski definition) is 4. The van der Waals surface area contributed by atoms with Crippen LogP contribution in [0, 0.1) is 11.7 Å². The van der Waals surface area contributed by atoms with Crippen molar-refractivity contribution in [2.24, 2.45) is 10.9 Å². The molecule has 1 aliphatic carbocycles. The van der Waals surface area contributed by atoms with Crippen molar-refractivity contribution in [3.63, 3.8) is 0 Å². The lowest BCUT2D eigenvalue weighted by Crippen LogP contribution is -2.50. The molecule has 4 aliphatic rings. The van der Waals surface area contributed by atoms with Crippen LogP contribution in [0.5, 0.6) is 0 Å². The molecule has 3 aliphatic heterocycles. The first-order valence-corrected chi connectivity index (χ1v) is 11.3. The van der Waals surface area contributed by atoms with Gasteiger partial charge in [0.1, 0.15) is 11.9 Å². The standard InChI is InChI=1S/C25H28FN3O/c26-19-9-7-17(8-10-19)24-22-6-2-5-20(16-3-1-4-16)21(22)11-12-29(24)25-28-15-23(30-25)18-13-27-14-18/h2,5-10,16,18,23-24,27H,1,3-4,11-15H2/t23-,24+/m1/s1. The lowest BCUT2D eigenvalue weighted by Gasteiger charge is -2.41. The molecular formula is C25H28FN3O. The molecule has 0 amide bonds. The van der Waals surface area contributed by atoms with Crippen LogP contribution in [0.15, 0.2) is 47.5 Å². The summed E-state index contributed by atoms with van der Waals surface area (Å²) in [6, 6.07) is 14.5. The molecule has 0 bridgehead atoms. The van der Waals surface area contributed by atoms with Gasteiger partial charge in [-0.15, -0.1) is 0 Å². The molecule has 0 spiro atoms. The Balaban J connectivity index is 1.38. The maximum absolute atomic E-state index is 13.7. The van der Waals surface area contributed by atoms with Crippen LogP contribution in [0.4, 0.5) is 4.39 Å². The molecule has 3 heterocycles. The Bertz CT molecular complexity index is 965. The van der Waals surface area contributed by atoms with Gasteiger partial charge in [0.05, 0.1) is 12.6 Å². The minimum absolute atomic E-state index is 0.0198. The van der Waals surface area contributed by atoms with Crippen molar-refractivity contribution < 1.29 is 9.13 Å². The van der Waals surface area contributed by atoms with Crippen LogP contribution in [0.2, 0.25) is 0 Å². The second-order valence-corrected chi connectivity index (χ2v) is 9.14. The van der Waals surface area contributed by atoms with E-state index in [1.165, 1.54) is 36.0 Å². The molecule has 1 N–H and O–H groups in total. The molecule has 1 saturated heterocycles. The van der Waals surface area contributed by atoms with Gasteiger partial charge in [0.15, 0.2) is 0 Å². The van der Waals surface area contributed by atoms with E-state index in [1.807, 2.05) is 12.1 Å². The third kappa shape index (κ3) is 3.02. The van der Waals surface area contributed by atoms with Gasteiger partial charge < -0.3 is 15.0 Å². The zero-order valence-electron chi connectivity index (χ0n) is 17.2. The van der Waals surface area contributed by atoms with Gasteiger partial charge >= 0.3 is 0 Å². The fourth-order valence-electron chi connectivity index (χ4n) is 5.37. The number of rotatable bonds is 3. The Morgan fingerprint density at radius 1 is 1.03 bits per heavy atom.